The molecule has 0 bridgehead atoms. The zero-order valence-electron chi connectivity index (χ0n) is 16.5. The van der Waals surface area contributed by atoms with Crippen LogP contribution in [0.25, 0.3) is 22.6 Å². The minimum Gasteiger partial charge on any atom is -0.436 e. The fourth-order valence-electron chi connectivity index (χ4n) is 3.96. The van der Waals surface area contributed by atoms with Crippen LogP contribution in [0.15, 0.2) is 77.5 Å². The van der Waals surface area contributed by atoms with Crippen LogP contribution in [-0.4, -0.2) is 33.4 Å². The molecule has 6 nitrogen and oxygen atoms in total. The molecule has 2 aromatic heterocycles. The first-order valence-corrected chi connectivity index (χ1v) is 10.2. The number of benzene rings is 2. The van der Waals surface area contributed by atoms with E-state index in [4.69, 9.17) is 4.42 Å². The van der Waals surface area contributed by atoms with Gasteiger partial charge >= 0.3 is 0 Å². The number of carbonyl (C=O) groups excluding carboxylic acids is 1. The molecule has 1 amide bonds. The highest BCUT2D eigenvalue weighted by atomic mass is 16.3. The van der Waals surface area contributed by atoms with Gasteiger partial charge in [0.05, 0.1) is 6.04 Å². The predicted octanol–water partition coefficient (Wildman–Crippen LogP) is 4.49. The van der Waals surface area contributed by atoms with E-state index in [0.29, 0.717) is 5.89 Å². The summed E-state index contributed by atoms with van der Waals surface area (Å²) in [5, 5.41) is 3.06. The van der Waals surface area contributed by atoms with Gasteiger partial charge in [-0.15, -0.1) is 0 Å². The topological polar surface area (TPSA) is 71.3 Å². The molecular weight excluding hydrogens is 376 g/mol. The number of hydrogen-bond acceptors (Lipinski definition) is 5. The van der Waals surface area contributed by atoms with E-state index in [0.717, 1.165) is 53.8 Å². The number of pyridine rings is 1. The van der Waals surface area contributed by atoms with Gasteiger partial charge in [0, 0.05) is 30.2 Å². The fraction of sp³-hybridized carbons (Fsp3) is 0.208. The first kappa shape index (κ1) is 18.5. The number of nitrogens with one attached hydrogen (secondary N) is 1. The molecule has 0 radical (unpaired) electrons. The van der Waals surface area contributed by atoms with Crippen LogP contribution in [0.1, 0.15) is 18.4 Å². The number of nitrogens with zero attached hydrogens (tertiary/aromatic N) is 3. The van der Waals surface area contributed by atoms with Gasteiger partial charge in [0.2, 0.25) is 11.8 Å². The standard InChI is InChI=1S/C24H22N4O2/c29-23(21-7-4-14-28(21)16-17-5-3-13-25-15-17)26-19-11-9-18(10-12-19)24-27-20-6-1-2-8-22(20)30-24/h1-3,5-6,8-13,15,21H,4,7,14,16H2,(H,26,29)/t21-/m1/s1. The largest absolute Gasteiger partial charge is 0.436 e. The predicted molar refractivity (Wildman–Crippen MR) is 116 cm³/mol. The summed E-state index contributed by atoms with van der Waals surface area (Å²) in [7, 11) is 0. The Morgan fingerprint density at radius 3 is 2.77 bits per heavy atom. The normalized spacial score (nSPS) is 16.7. The number of aromatic nitrogens is 2. The van der Waals surface area contributed by atoms with Crippen LogP contribution in [0, 0.1) is 0 Å². The Morgan fingerprint density at radius 2 is 1.97 bits per heavy atom. The minimum absolute atomic E-state index is 0.0333. The molecule has 6 heteroatoms. The van der Waals surface area contributed by atoms with E-state index >= 15 is 0 Å². The highest BCUT2D eigenvalue weighted by Gasteiger charge is 2.30. The smallest absolute Gasteiger partial charge is 0.241 e. The Balaban J connectivity index is 1.26. The van der Waals surface area contributed by atoms with Gasteiger partial charge in [0.1, 0.15) is 5.52 Å². The first-order valence-electron chi connectivity index (χ1n) is 10.2. The lowest BCUT2D eigenvalue weighted by Crippen LogP contribution is -2.39. The fourth-order valence-corrected chi connectivity index (χ4v) is 3.96. The van der Waals surface area contributed by atoms with Crippen molar-refractivity contribution in [2.75, 3.05) is 11.9 Å². The molecule has 0 unspecified atom stereocenters. The number of rotatable bonds is 5. The second kappa shape index (κ2) is 8.08. The number of hydrogen-bond donors (Lipinski definition) is 1. The molecule has 0 aliphatic carbocycles. The molecule has 1 saturated heterocycles. The van der Waals surface area contributed by atoms with Gasteiger partial charge < -0.3 is 9.73 Å². The van der Waals surface area contributed by atoms with Crippen molar-refractivity contribution in [1.29, 1.82) is 0 Å². The number of fused-ring (bicyclic) bond motifs is 1. The molecule has 1 N–H and O–H groups in total. The molecule has 30 heavy (non-hydrogen) atoms. The molecule has 5 rings (SSSR count). The summed E-state index contributed by atoms with van der Waals surface area (Å²) in [6.45, 7) is 1.66. The van der Waals surface area contributed by atoms with Gasteiger partial charge in [-0.2, -0.15) is 0 Å². The van der Waals surface area contributed by atoms with E-state index in [1.807, 2.05) is 66.9 Å². The number of oxazole rings is 1. The van der Waals surface area contributed by atoms with Crippen molar-refractivity contribution in [3.8, 4) is 11.5 Å². The van der Waals surface area contributed by atoms with Crippen LogP contribution >= 0.6 is 0 Å². The van der Waals surface area contributed by atoms with Crippen molar-refractivity contribution in [2.24, 2.45) is 0 Å². The summed E-state index contributed by atoms with van der Waals surface area (Å²) in [5.41, 5.74) is 4.37. The van der Waals surface area contributed by atoms with Crippen molar-refractivity contribution < 1.29 is 9.21 Å². The van der Waals surface area contributed by atoms with Crippen molar-refractivity contribution in [1.82, 2.24) is 14.9 Å². The van der Waals surface area contributed by atoms with Gasteiger partial charge in [0.25, 0.3) is 0 Å². The molecule has 0 spiro atoms. The van der Waals surface area contributed by atoms with Crippen molar-refractivity contribution in [2.45, 2.75) is 25.4 Å². The molecule has 0 saturated carbocycles. The Labute approximate surface area is 174 Å². The van der Waals surface area contributed by atoms with Crippen molar-refractivity contribution in [3.05, 3.63) is 78.6 Å². The number of amides is 1. The summed E-state index contributed by atoms with van der Waals surface area (Å²) in [5.74, 6) is 0.610. The van der Waals surface area contributed by atoms with E-state index in [9.17, 15) is 4.79 Å². The maximum atomic E-state index is 12.9. The third kappa shape index (κ3) is 3.82. The van der Waals surface area contributed by atoms with Crippen LogP contribution in [0.5, 0.6) is 0 Å². The van der Waals surface area contributed by atoms with Gasteiger partial charge in [0.15, 0.2) is 5.58 Å². The molecular formula is C24H22N4O2. The summed E-state index contributed by atoms with van der Waals surface area (Å²) in [6.07, 6.45) is 5.52. The van der Waals surface area contributed by atoms with Crippen molar-refractivity contribution >= 4 is 22.7 Å². The third-order valence-electron chi connectivity index (χ3n) is 5.47. The average Bonchev–Trinajstić information content (AvgIpc) is 3.42. The number of carbonyl (C=O) groups is 1. The van der Waals surface area contributed by atoms with E-state index in [2.05, 4.69) is 20.2 Å². The van der Waals surface area contributed by atoms with Crippen LogP contribution in [0.3, 0.4) is 0 Å². The maximum Gasteiger partial charge on any atom is 0.241 e. The first-order chi connectivity index (χ1) is 14.8. The number of para-hydroxylation sites is 2. The Bertz CT molecular complexity index is 1120. The highest BCUT2D eigenvalue weighted by Crippen LogP contribution is 2.26. The van der Waals surface area contributed by atoms with Crippen LogP contribution < -0.4 is 5.32 Å². The van der Waals surface area contributed by atoms with E-state index in [-0.39, 0.29) is 11.9 Å². The maximum absolute atomic E-state index is 12.9. The van der Waals surface area contributed by atoms with Gasteiger partial charge in [-0.1, -0.05) is 18.2 Å². The lowest BCUT2D eigenvalue weighted by atomic mass is 10.1. The lowest BCUT2D eigenvalue weighted by Gasteiger charge is -2.23. The lowest BCUT2D eigenvalue weighted by molar-refractivity contribution is -0.120. The average molecular weight is 398 g/mol. The summed E-state index contributed by atoms with van der Waals surface area (Å²) < 4.78 is 5.82. The molecule has 1 aliphatic heterocycles. The summed E-state index contributed by atoms with van der Waals surface area (Å²) in [4.78, 5) is 23.8. The van der Waals surface area contributed by atoms with E-state index in [1.54, 1.807) is 6.20 Å². The van der Waals surface area contributed by atoms with Crippen LogP contribution in [0.2, 0.25) is 0 Å². The highest BCUT2D eigenvalue weighted by molar-refractivity contribution is 5.95. The monoisotopic (exact) mass is 398 g/mol. The summed E-state index contributed by atoms with van der Waals surface area (Å²) in [6, 6.07) is 19.2. The van der Waals surface area contributed by atoms with Crippen molar-refractivity contribution in [3.63, 3.8) is 0 Å². The van der Waals surface area contributed by atoms with E-state index in [1.165, 1.54) is 0 Å². The summed E-state index contributed by atoms with van der Waals surface area (Å²) >= 11 is 0. The molecule has 4 aromatic rings. The van der Waals surface area contributed by atoms with Crippen LogP contribution in [-0.2, 0) is 11.3 Å². The SMILES string of the molecule is O=C(Nc1ccc(-c2nc3ccccc3o2)cc1)[C@H]1CCCN1Cc1cccnc1. The van der Waals surface area contributed by atoms with Gasteiger partial charge in [-0.3, -0.25) is 14.7 Å². The molecule has 2 aromatic carbocycles. The molecule has 3 heterocycles. The Hall–Kier alpha value is -3.51. The molecule has 150 valence electrons. The zero-order chi connectivity index (χ0) is 20.3. The Morgan fingerprint density at radius 1 is 1.10 bits per heavy atom. The Kier molecular flexibility index (Phi) is 4.99. The number of anilines is 1. The second-order valence-electron chi connectivity index (χ2n) is 7.54. The molecule has 1 aliphatic rings. The molecule has 1 atom stereocenters. The zero-order valence-corrected chi connectivity index (χ0v) is 16.5. The third-order valence-corrected chi connectivity index (χ3v) is 5.47. The number of likely N-dealkylation sites (tertiary alicyclic amines) is 1. The minimum atomic E-state index is -0.123. The quantitative estimate of drug-likeness (QED) is 0.536. The molecule has 1 fully saturated rings. The van der Waals surface area contributed by atoms with Gasteiger partial charge in [-0.25, -0.2) is 4.98 Å². The second-order valence-corrected chi connectivity index (χ2v) is 7.54. The van der Waals surface area contributed by atoms with Gasteiger partial charge in [-0.05, 0) is 67.4 Å². The van der Waals surface area contributed by atoms with Crippen LogP contribution in [0.4, 0.5) is 5.69 Å². The van der Waals surface area contributed by atoms with E-state index < -0.39 is 0 Å².